The van der Waals surface area contributed by atoms with Gasteiger partial charge in [0.25, 0.3) is 0 Å². The molecule has 0 radical (unpaired) electrons. The second kappa shape index (κ2) is 4.75. The molecular weight excluding hydrogens is 192 g/mol. The van der Waals surface area contributed by atoms with Crippen LogP contribution in [0, 0.1) is 0 Å². The van der Waals surface area contributed by atoms with Gasteiger partial charge >= 0.3 is 0 Å². The summed E-state index contributed by atoms with van der Waals surface area (Å²) in [6, 6.07) is 2.26. The van der Waals surface area contributed by atoms with Crippen molar-refractivity contribution in [3.8, 4) is 0 Å². The van der Waals surface area contributed by atoms with E-state index in [1.54, 1.807) is 23.4 Å². The van der Waals surface area contributed by atoms with Crippen molar-refractivity contribution in [2.24, 2.45) is 0 Å². The molecule has 0 amide bonds. The minimum Gasteiger partial charge on any atom is -0.472 e. The molecule has 15 heavy (non-hydrogen) atoms. The van der Waals surface area contributed by atoms with Gasteiger partial charge in [-0.3, -0.25) is 4.68 Å². The summed E-state index contributed by atoms with van der Waals surface area (Å²) in [6.07, 6.45) is 6.97. The lowest BCUT2D eigenvalue weighted by Gasteiger charge is -2.11. The summed E-state index contributed by atoms with van der Waals surface area (Å²) in [5.41, 5.74) is 1.16. The quantitative estimate of drug-likeness (QED) is 0.799. The minimum atomic E-state index is 0.298. The van der Waals surface area contributed by atoms with E-state index < -0.39 is 0 Å². The maximum absolute atomic E-state index is 5.02. The highest BCUT2D eigenvalue weighted by molar-refractivity contribution is 5.09. The number of hydrogen-bond acceptors (Lipinski definition) is 4. The molecule has 2 rings (SSSR count). The molecule has 2 heterocycles. The Morgan fingerprint density at radius 2 is 2.53 bits per heavy atom. The second-order valence-corrected chi connectivity index (χ2v) is 3.40. The number of furan rings is 1. The lowest BCUT2D eigenvalue weighted by Crippen LogP contribution is -2.23. The van der Waals surface area contributed by atoms with Gasteiger partial charge in [0, 0.05) is 24.3 Å². The van der Waals surface area contributed by atoms with E-state index in [1.165, 1.54) is 0 Å². The van der Waals surface area contributed by atoms with Gasteiger partial charge in [-0.25, -0.2) is 0 Å². The van der Waals surface area contributed by atoms with Gasteiger partial charge in [0.1, 0.15) is 0 Å². The summed E-state index contributed by atoms with van der Waals surface area (Å²) in [5, 5.41) is 11.0. The number of nitrogens with zero attached hydrogens (tertiary/aromatic N) is 3. The molecule has 0 saturated heterocycles. The van der Waals surface area contributed by atoms with Gasteiger partial charge in [0.15, 0.2) is 0 Å². The van der Waals surface area contributed by atoms with Crippen molar-refractivity contribution in [3.05, 3.63) is 36.5 Å². The zero-order chi connectivity index (χ0) is 10.5. The fourth-order valence-electron chi connectivity index (χ4n) is 1.39. The average Bonchev–Trinajstić information content (AvgIpc) is 2.90. The van der Waals surface area contributed by atoms with Gasteiger partial charge < -0.3 is 9.73 Å². The third kappa shape index (κ3) is 2.66. The molecule has 0 aliphatic heterocycles. The SMILES string of the molecule is CC(NCCn1ccnn1)c1ccoc1. The topological polar surface area (TPSA) is 55.9 Å². The van der Waals surface area contributed by atoms with E-state index in [1.807, 2.05) is 12.3 Å². The molecule has 2 aromatic rings. The summed E-state index contributed by atoms with van der Waals surface area (Å²) in [6.45, 7) is 3.78. The molecule has 5 nitrogen and oxygen atoms in total. The first-order valence-corrected chi connectivity index (χ1v) is 4.96. The normalized spacial score (nSPS) is 12.9. The van der Waals surface area contributed by atoms with E-state index in [9.17, 15) is 0 Å². The second-order valence-electron chi connectivity index (χ2n) is 3.40. The molecule has 1 atom stereocenters. The van der Waals surface area contributed by atoms with Gasteiger partial charge in [-0.2, -0.15) is 0 Å². The Kier molecular flexibility index (Phi) is 3.14. The number of nitrogens with one attached hydrogen (secondary N) is 1. The Balaban J connectivity index is 1.74. The zero-order valence-corrected chi connectivity index (χ0v) is 8.63. The van der Waals surface area contributed by atoms with E-state index in [-0.39, 0.29) is 0 Å². The molecular formula is C10H14N4O. The smallest absolute Gasteiger partial charge is 0.0950 e. The molecule has 0 bridgehead atoms. The summed E-state index contributed by atoms with van der Waals surface area (Å²) in [7, 11) is 0. The highest BCUT2D eigenvalue weighted by Gasteiger charge is 2.04. The van der Waals surface area contributed by atoms with Crippen LogP contribution in [0.25, 0.3) is 0 Å². The zero-order valence-electron chi connectivity index (χ0n) is 8.63. The number of rotatable bonds is 5. The summed E-state index contributed by atoms with van der Waals surface area (Å²) in [4.78, 5) is 0. The van der Waals surface area contributed by atoms with Crippen molar-refractivity contribution in [3.63, 3.8) is 0 Å². The molecule has 5 heteroatoms. The third-order valence-electron chi connectivity index (χ3n) is 2.31. The van der Waals surface area contributed by atoms with Crippen molar-refractivity contribution in [2.75, 3.05) is 6.54 Å². The molecule has 80 valence electrons. The first kappa shape index (κ1) is 9.92. The van der Waals surface area contributed by atoms with Crippen molar-refractivity contribution in [1.82, 2.24) is 20.3 Å². The van der Waals surface area contributed by atoms with Crippen molar-refractivity contribution in [1.29, 1.82) is 0 Å². The van der Waals surface area contributed by atoms with E-state index in [0.29, 0.717) is 6.04 Å². The Labute approximate surface area is 88.1 Å². The van der Waals surface area contributed by atoms with Crippen LogP contribution in [0.5, 0.6) is 0 Å². The molecule has 1 unspecified atom stereocenters. The lowest BCUT2D eigenvalue weighted by molar-refractivity contribution is 0.493. The molecule has 0 aliphatic carbocycles. The molecule has 2 aromatic heterocycles. The predicted molar refractivity (Wildman–Crippen MR) is 55.1 cm³/mol. The molecule has 0 spiro atoms. The summed E-state index contributed by atoms with van der Waals surface area (Å²) < 4.78 is 6.82. The van der Waals surface area contributed by atoms with Gasteiger partial charge in [0.05, 0.1) is 25.3 Å². The Morgan fingerprint density at radius 3 is 3.20 bits per heavy atom. The highest BCUT2D eigenvalue weighted by Crippen LogP contribution is 2.11. The predicted octanol–water partition coefficient (Wildman–Crippen LogP) is 1.22. The van der Waals surface area contributed by atoms with Crippen molar-refractivity contribution in [2.45, 2.75) is 19.5 Å². The van der Waals surface area contributed by atoms with Crippen LogP contribution < -0.4 is 5.32 Å². The summed E-state index contributed by atoms with van der Waals surface area (Å²) >= 11 is 0. The van der Waals surface area contributed by atoms with Crippen molar-refractivity contribution < 1.29 is 4.42 Å². The Morgan fingerprint density at radius 1 is 1.60 bits per heavy atom. The standard InChI is InChI=1S/C10H14N4O/c1-9(10-2-7-15-8-10)11-3-5-14-6-4-12-13-14/h2,4,6-9,11H,3,5H2,1H3. The Bertz CT molecular complexity index is 368. The third-order valence-corrected chi connectivity index (χ3v) is 2.31. The van der Waals surface area contributed by atoms with Crippen LogP contribution in [0.15, 0.2) is 35.4 Å². The van der Waals surface area contributed by atoms with Crippen LogP contribution in [0.1, 0.15) is 18.5 Å². The van der Waals surface area contributed by atoms with Crippen LogP contribution >= 0.6 is 0 Å². The maximum Gasteiger partial charge on any atom is 0.0950 e. The van der Waals surface area contributed by atoms with E-state index >= 15 is 0 Å². The first-order valence-electron chi connectivity index (χ1n) is 4.96. The van der Waals surface area contributed by atoms with Crippen molar-refractivity contribution >= 4 is 0 Å². The van der Waals surface area contributed by atoms with Gasteiger partial charge in [-0.15, -0.1) is 5.10 Å². The monoisotopic (exact) mass is 206 g/mol. The average molecular weight is 206 g/mol. The van der Waals surface area contributed by atoms with Gasteiger partial charge in [0.2, 0.25) is 0 Å². The van der Waals surface area contributed by atoms with Crippen LogP contribution in [0.2, 0.25) is 0 Å². The molecule has 0 fully saturated rings. The fraction of sp³-hybridized carbons (Fsp3) is 0.400. The maximum atomic E-state index is 5.02. The van der Waals surface area contributed by atoms with Crippen LogP contribution in [0.4, 0.5) is 0 Å². The fourth-order valence-corrected chi connectivity index (χ4v) is 1.39. The van der Waals surface area contributed by atoms with E-state index in [0.717, 1.165) is 18.7 Å². The van der Waals surface area contributed by atoms with Crippen LogP contribution in [-0.4, -0.2) is 21.5 Å². The highest BCUT2D eigenvalue weighted by atomic mass is 16.3. The van der Waals surface area contributed by atoms with E-state index in [2.05, 4.69) is 22.6 Å². The van der Waals surface area contributed by atoms with Crippen LogP contribution in [0.3, 0.4) is 0 Å². The Hall–Kier alpha value is -1.62. The molecule has 0 aromatic carbocycles. The molecule has 0 saturated carbocycles. The largest absolute Gasteiger partial charge is 0.472 e. The lowest BCUT2D eigenvalue weighted by atomic mass is 10.2. The van der Waals surface area contributed by atoms with Crippen LogP contribution in [-0.2, 0) is 6.54 Å². The molecule has 1 N–H and O–H groups in total. The number of hydrogen-bond donors (Lipinski definition) is 1. The molecule has 0 aliphatic rings. The minimum absolute atomic E-state index is 0.298. The summed E-state index contributed by atoms with van der Waals surface area (Å²) in [5.74, 6) is 0. The first-order chi connectivity index (χ1) is 7.36. The van der Waals surface area contributed by atoms with E-state index in [4.69, 9.17) is 4.42 Å². The number of aromatic nitrogens is 3. The van der Waals surface area contributed by atoms with Gasteiger partial charge in [-0.1, -0.05) is 5.21 Å². The van der Waals surface area contributed by atoms with Gasteiger partial charge in [-0.05, 0) is 13.0 Å².